The van der Waals surface area contributed by atoms with E-state index in [1.807, 2.05) is 6.07 Å². The van der Waals surface area contributed by atoms with E-state index in [1.54, 1.807) is 0 Å². The van der Waals surface area contributed by atoms with Crippen LogP contribution in [0.4, 0.5) is 51.2 Å². The summed E-state index contributed by atoms with van der Waals surface area (Å²) in [5, 5.41) is 5.71. The van der Waals surface area contributed by atoms with E-state index in [0.29, 0.717) is 0 Å². The van der Waals surface area contributed by atoms with Gasteiger partial charge in [-0.2, -0.15) is 0 Å². The van der Waals surface area contributed by atoms with E-state index in [0.717, 1.165) is 101 Å². The number of anilines is 9. The van der Waals surface area contributed by atoms with E-state index >= 15 is 0 Å². The predicted octanol–water partition coefficient (Wildman–Crippen LogP) is 15.0. The lowest BCUT2D eigenvalue weighted by molar-refractivity contribution is 0.651. The van der Waals surface area contributed by atoms with Gasteiger partial charge in [-0.25, -0.2) is 0 Å². The average molecular weight is 881 g/mol. The van der Waals surface area contributed by atoms with Crippen molar-refractivity contribution in [1.29, 1.82) is 0 Å². The summed E-state index contributed by atoms with van der Waals surface area (Å²) in [4.78, 5) is 7.42. The highest BCUT2D eigenvalue weighted by Gasteiger charge is 2.49. The molecule has 13 aromatic rings. The largest absolute Gasteiger partial charge is 0.468 e. The molecule has 0 saturated heterocycles. The highest BCUT2D eigenvalue weighted by molar-refractivity contribution is 7.00. The second-order valence-electron chi connectivity index (χ2n) is 18.4. The van der Waals surface area contributed by atoms with Gasteiger partial charge in [-0.05, 0) is 107 Å². The molecule has 320 valence electrons. The maximum atomic E-state index is 7.40. The van der Waals surface area contributed by atoms with E-state index in [9.17, 15) is 0 Å². The van der Waals surface area contributed by atoms with Crippen LogP contribution in [0.15, 0.2) is 233 Å². The molecule has 6 nitrogen and oxygen atoms in total. The first-order chi connectivity index (χ1) is 34.2. The topological polar surface area (TPSA) is 40.9 Å². The summed E-state index contributed by atoms with van der Waals surface area (Å²) in [6.07, 6.45) is 0. The van der Waals surface area contributed by atoms with Crippen LogP contribution < -0.4 is 31.3 Å². The van der Waals surface area contributed by atoms with Crippen LogP contribution in [-0.2, 0) is 0 Å². The normalized spacial score (nSPS) is 13.1. The number of furan rings is 2. The van der Waals surface area contributed by atoms with Crippen molar-refractivity contribution in [3.8, 4) is 16.8 Å². The predicted molar refractivity (Wildman–Crippen MR) is 286 cm³/mol. The molecule has 69 heavy (non-hydrogen) atoms. The summed E-state index contributed by atoms with van der Waals surface area (Å²) >= 11 is 0. The summed E-state index contributed by atoms with van der Waals surface area (Å²) in [6, 6.07) is 81.2. The lowest BCUT2D eigenvalue weighted by Crippen LogP contribution is -2.61. The molecule has 0 bridgehead atoms. The third-order valence-electron chi connectivity index (χ3n) is 14.8. The number of fused-ring (bicyclic) bond motifs is 14. The van der Waals surface area contributed by atoms with E-state index in [1.165, 1.54) is 38.4 Å². The van der Waals surface area contributed by atoms with Crippen LogP contribution in [0.2, 0.25) is 0 Å². The molecular weight excluding hydrogens is 844 g/mol. The first-order valence-corrected chi connectivity index (χ1v) is 23.6. The van der Waals surface area contributed by atoms with Crippen molar-refractivity contribution >= 4 is 129 Å². The Kier molecular flexibility index (Phi) is 7.33. The number of rotatable bonds is 5. The van der Waals surface area contributed by atoms with Gasteiger partial charge in [0.25, 0.3) is 6.71 Å². The van der Waals surface area contributed by atoms with Crippen LogP contribution >= 0.6 is 0 Å². The SMILES string of the molecule is c1ccc(-c2ccc3oc4c(c3c2)N(c2ccc3c(c2)oc2ccccc23)c2cc(N(c3ccccc3)c3ccccc3)cc3c2B4c2cccc4c2N3c2cccc3c5ccccc5n-4c23)cc1. The summed E-state index contributed by atoms with van der Waals surface area (Å²) in [6.45, 7) is -0.242. The Bertz CT molecular complexity index is 4250. The van der Waals surface area contributed by atoms with E-state index in [2.05, 4.69) is 238 Å². The molecule has 0 N–H and O–H groups in total. The highest BCUT2D eigenvalue weighted by Crippen LogP contribution is 2.55. The van der Waals surface area contributed by atoms with Crippen LogP contribution in [0, 0.1) is 0 Å². The standard InChI is InChI=1S/C62H37BN4O2/c1-4-16-38(17-5-1)39-30-33-56-48(34-39)60-62(69-56)63-49-25-15-28-52-61(49)67(51-27-14-24-47-44-22-10-12-26-50(44)66(52)59(47)51)54-36-43(64(40-18-6-2-7-19-40)41-20-8-3-9-21-41)35-53(58(54)63)65(60)42-31-32-46-45-23-11-13-29-55(45)68-57(46)37-42/h1-37H. The Balaban J connectivity index is 1.07. The maximum Gasteiger partial charge on any atom is 0.297 e. The highest BCUT2D eigenvalue weighted by atomic mass is 16.3. The van der Waals surface area contributed by atoms with Gasteiger partial charge in [0.05, 0.1) is 45.1 Å². The van der Waals surface area contributed by atoms with E-state index in [-0.39, 0.29) is 6.71 Å². The van der Waals surface area contributed by atoms with Crippen molar-refractivity contribution < 1.29 is 8.83 Å². The minimum absolute atomic E-state index is 0.242. The third-order valence-corrected chi connectivity index (χ3v) is 14.8. The Morgan fingerprint density at radius 3 is 1.84 bits per heavy atom. The molecule has 16 rings (SSSR count). The molecule has 3 aromatic heterocycles. The number of hydrogen-bond acceptors (Lipinski definition) is 5. The van der Waals surface area contributed by atoms with Gasteiger partial charge in [0.1, 0.15) is 16.7 Å². The van der Waals surface area contributed by atoms with Crippen molar-refractivity contribution in [2.75, 3.05) is 14.7 Å². The van der Waals surface area contributed by atoms with E-state index in [4.69, 9.17) is 8.83 Å². The molecule has 0 unspecified atom stereocenters. The van der Waals surface area contributed by atoms with Gasteiger partial charge >= 0.3 is 0 Å². The molecule has 0 saturated carbocycles. The molecule has 0 atom stereocenters. The van der Waals surface area contributed by atoms with Gasteiger partial charge in [0, 0.05) is 61.4 Å². The van der Waals surface area contributed by atoms with Gasteiger partial charge in [0.2, 0.25) is 0 Å². The molecule has 3 aliphatic rings. The van der Waals surface area contributed by atoms with Crippen LogP contribution in [0.3, 0.4) is 0 Å². The fourth-order valence-electron chi connectivity index (χ4n) is 12.0. The summed E-state index contributed by atoms with van der Waals surface area (Å²) in [7, 11) is 0. The number of hydrogen-bond donors (Lipinski definition) is 0. The molecule has 6 heterocycles. The Morgan fingerprint density at radius 1 is 0.377 bits per heavy atom. The van der Waals surface area contributed by atoms with E-state index < -0.39 is 0 Å². The minimum atomic E-state index is -0.242. The molecule has 0 fully saturated rings. The summed E-state index contributed by atoms with van der Waals surface area (Å²) in [5.74, 6) is 0. The van der Waals surface area contributed by atoms with Gasteiger partial charge in [-0.1, -0.05) is 133 Å². The fraction of sp³-hybridized carbons (Fsp3) is 0. The molecule has 3 aliphatic heterocycles. The number of para-hydroxylation sites is 6. The van der Waals surface area contributed by atoms with Crippen molar-refractivity contribution in [3.05, 3.63) is 224 Å². The Hall–Kier alpha value is -9.20. The van der Waals surface area contributed by atoms with Crippen LogP contribution in [0.25, 0.3) is 71.5 Å². The Morgan fingerprint density at radius 2 is 1.03 bits per heavy atom. The number of benzene rings is 10. The van der Waals surface area contributed by atoms with Gasteiger partial charge in [-0.15, -0.1) is 0 Å². The molecule has 10 aromatic carbocycles. The van der Waals surface area contributed by atoms with Crippen LogP contribution in [-0.4, -0.2) is 11.3 Å². The third kappa shape index (κ3) is 5.00. The lowest BCUT2D eigenvalue weighted by atomic mass is 9.35. The molecule has 0 spiro atoms. The summed E-state index contributed by atoms with van der Waals surface area (Å²) in [5.41, 5.74) is 21.4. The van der Waals surface area contributed by atoms with Gasteiger partial charge < -0.3 is 28.1 Å². The van der Waals surface area contributed by atoms with Crippen molar-refractivity contribution in [2.24, 2.45) is 0 Å². The lowest BCUT2D eigenvalue weighted by Gasteiger charge is -2.45. The first-order valence-electron chi connectivity index (χ1n) is 23.6. The van der Waals surface area contributed by atoms with Crippen LogP contribution in [0.5, 0.6) is 0 Å². The van der Waals surface area contributed by atoms with Crippen molar-refractivity contribution in [3.63, 3.8) is 0 Å². The van der Waals surface area contributed by atoms with Crippen LogP contribution in [0.1, 0.15) is 0 Å². The average Bonchev–Trinajstić information content (AvgIpc) is 4.09. The first kappa shape index (κ1) is 37.0. The molecule has 0 radical (unpaired) electrons. The monoisotopic (exact) mass is 880 g/mol. The number of nitrogens with zero attached hydrogens (tertiary/aromatic N) is 4. The zero-order valence-corrected chi connectivity index (χ0v) is 37.0. The molecule has 0 aliphatic carbocycles. The smallest absolute Gasteiger partial charge is 0.297 e. The van der Waals surface area contributed by atoms with Crippen molar-refractivity contribution in [2.45, 2.75) is 0 Å². The molecule has 7 heteroatoms. The maximum absolute atomic E-state index is 7.40. The minimum Gasteiger partial charge on any atom is -0.468 e. The number of aromatic nitrogens is 1. The van der Waals surface area contributed by atoms with Gasteiger partial charge in [-0.3, -0.25) is 0 Å². The second-order valence-corrected chi connectivity index (χ2v) is 18.4. The second kappa shape index (κ2) is 13.7. The quantitative estimate of drug-likeness (QED) is 0.161. The fourth-order valence-corrected chi connectivity index (χ4v) is 12.0. The summed E-state index contributed by atoms with van der Waals surface area (Å²) < 4.78 is 16.6. The van der Waals surface area contributed by atoms with Gasteiger partial charge in [0.15, 0.2) is 0 Å². The molecule has 0 amide bonds. The van der Waals surface area contributed by atoms with Crippen molar-refractivity contribution in [1.82, 2.24) is 4.57 Å². The zero-order valence-electron chi connectivity index (χ0n) is 37.0. The zero-order chi connectivity index (χ0) is 44.9. The Labute approximate surface area is 396 Å². The molecular formula is C62H37BN4O2.